The highest BCUT2D eigenvalue weighted by atomic mass is 127. The van der Waals surface area contributed by atoms with Gasteiger partial charge < -0.3 is 20.3 Å². The molecule has 1 fully saturated rings. The Bertz CT molecular complexity index is 722. The second kappa shape index (κ2) is 10.4. The first-order valence-corrected chi connectivity index (χ1v) is 8.52. The van der Waals surface area contributed by atoms with Crippen LogP contribution in [-0.4, -0.2) is 60.7 Å². The number of guanidine groups is 1. The molecule has 2 heterocycles. The molecule has 146 valence electrons. The van der Waals surface area contributed by atoms with Crippen LogP contribution in [0.1, 0.15) is 11.7 Å². The largest absolute Gasteiger partial charge is 0.375 e. The summed E-state index contributed by atoms with van der Waals surface area (Å²) in [6, 6.07) is 8.04. The number of piperazine rings is 1. The first-order valence-electron chi connectivity index (χ1n) is 8.52. The quantitative estimate of drug-likeness (QED) is 0.396. The number of aromatic nitrogens is 2. The Hall–Kier alpha value is -2.01. The predicted octanol–water partition coefficient (Wildman–Crippen LogP) is 2.06. The number of anilines is 1. The van der Waals surface area contributed by atoms with Crippen molar-refractivity contribution in [1.29, 1.82) is 0 Å². The van der Waals surface area contributed by atoms with Crippen LogP contribution in [0.15, 0.2) is 47.7 Å². The summed E-state index contributed by atoms with van der Waals surface area (Å²) in [5.41, 5.74) is 7.02. The maximum Gasteiger partial charge on any atom is 0.225 e. The Balaban J connectivity index is 0.00000261. The molecule has 0 radical (unpaired) electrons. The maximum atomic E-state index is 13.1. The Labute approximate surface area is 175 Å². The van der Waals surface area contributed by atoms with Gasteiger partial charge in [-0.3, -0.25) is 4.99 Å². The maximum absolute atomic E-state index is 13.1. The van der Waals surface area contributed by atoms with Crippen LogP contribution in [0.25, 0.3) is 0 Å². The van der Waals surface area contributed by atoms with E-state index in [1.165, 1.54) is 12.1 Å². The van der Waals surface area contributed by atoms with Gasteiger partial charge in [0.25, 0.3) is 0 Å². The van der Waals surface area contributed by atoms with Crippen LogP contribution in [-0.2, 0) is 4.74 Å². The SMILES string of the molecule is COC(CN=C(N)N1CCN(c2ncccn2)CC1)c1ccc(F)cc1.I. The van der Waals surface area contributed by atoms with Crippen molar-refractivity contribution < 1.29 is 9.13 Å². The van der Waals surface area contributed by atoms with E-state index in [4.69, 9.17) is 10.5 Å². The molecule has 27 heavy (non-hydrogen) atoms. The van der Waals surface area contributed by atoms with Crippen LogP contribution in [0.2, 0.25) is 0 Å². The number of hydrogen-bond acceptors (Lipinski definition) is 5. The molecule has 3 rings (SSSR count). The summed E-state index contributed by atoms with van der Waals surface area (Å²) in [5.74, 6) is 0.952. The zero-order valence-electron chi connectivity index (χ0n) is 15.2. The monoisotopic (exact) mass is 486 g/mol. The van der Waals surface area contributed by atoms with Gasteiger partial charge in [0.2, 0.25) is 5.95 Å². The number of methoxy groups -OCH3 is 1. The molecule has 1 aromatic heterocycles. The minimum Gasteiger partial charge on any atom is -0.375 e. The number of halogens is 2. The first-order chi connectivity index (χ1) is 12.7. The van der Waals surface area contributed by atoms with Gasteiger partial charge in [0.15, 0.2) is 5.96 Å². The van der Waals surface area contributed by atoms with Crippen molar-refractivity contribution in [3.05, 3.63) is 54.1 Å². The molecule has 7 nitrogen and oxygen atoms in total. The molecule has 2 aromatic rings. The highest BCUT2D eigenvalue weighted by Crippen LogP contribution is 2.17. The smallest absolute Gasteiger partial charge is 0.225 e. The second-order valence-corrected chi connectivity index (χ2v) is 6.00. The molecule has 9 heteroatoms. The van der Waals surface area contributed by atoms with Crippen molar-refractivity contribution >= 4 is 35.9 Å². The van der Waals surface area contributed by atoms with Gasteiger partial charge in [0.1, 0.15) is 11.9 Å². The average Bonchev–Trinajstić information content (AvgIpc) is 2.70. The van der Waals surface area contributed by atoms with E-state index in [9.17, 15) is 4.39 Å². The van der Waals surface area contributed by atoms with Gasteiger partial charge >= 0.3 is 0 Å². The zero-order valence-corrected chi connectivity index (χ0v) is 17.5. The fourth-order valence-electron chi connectivity index (χ4n) is 2.86. The van der Waals surface area contributed by atoms with Crippen LogP contribution in [0.3, 0.4) is 0 Å². The fraction of sp³-hybridized carbons (Fsp3) is 0.389. The van der Waals surface area contributed by atoms with Crippen molar-refractivity contribution in [2.75, 3.05) is 44.7 Å². The lowest BCUT2D eigenvalue weighted by atomic mass is 10.1. The summed E-state index contributed by atoms with van der Waals surface area (Å²) in [4.78, 5) is 17.2. The van der Waals surface area contributed by atoms with E-state index in [1.807, 2.05) is 4.90 Å². The van der Waals surface area contributed by atoms with Crippen LogP contribution >= 0.6 is 24.0 Å². The van der Waals surface area contributed by atoms with Gasteiger partial charge in [-0.25, -0.2) is 14.4 Å². The van der Waals surface area contributed by atoms with E-state index >= 15 is 0 Å². The topological polar surface area (TPSA) is 79.9 Å². The Morgan fingerprint density at radius 2 is 1.81 bits per heavy atom. The van der Waals surface area contributed by atoms with Gasteiger partial charge in [0, 0.05) is 45.7 Å². The predicted molar refractivity (Wildman–Crippen MR) is 114 cm³/mol. The normalized spacial score (nSPS) is 16.0. The standard InChI is InChI=1S/C18H23FN6O.HI/c1-26-16(14-3-5-15(19)6-4-14)13-23-17(20)24-9-11-25(12-10-24)18-21-7-2-8-22-18;/h2-8,16H,9-13H2,1H3,(H2,20,23);1H. The molecule has 1 aliphatic rings. The van der Waals surface area contributed by atoms with E-state index in [0.29, 0.717) is 12.5 Å². The van der Waals surface area contributed by atoms with Crippen LogP contribution < -0.4 is 10.6 Å². The van der Waals surface area contributed by atoms with Crippen molar-refractivity contribution in [2.45, 2.75) is 6.10 Å². The van der Waals surface area contributed by atoms with Gasteiger partial charge in [-0.05, 0) is 23.8 Å². The number of aliphatic imine (C=N–C) groups is 1. The van der Waals surface area contributed by atoms with Gasteiger partial charge in [0.05, 0.1) is 6.54 Å². The summed E-state index contributed by atoms with van der Waals surface area (Å²) in [6.07, 6.45) is 3.23. The van der Waals surface area contributed by atoms with Crippen LogP contribution in [0, 0.1) is 5.82 Å². The lowest BCUT2D eigenvalue weighted by Crippen LogP contribution is -2.51. The zero-order chi connectivity index (χ0) is 18.4. The number of nitrogens with two attached hydrogens (primary N) is 1. The third kappa shape index (κ3) is 5.73. The van der Waals surface area contributed by atoms with E-state index in [2.05, 4.69) is 19.9 Å². The highest BCUT2D eigenvalue weighted by Gasteiger charge is 2.20. The van der Waals surface area contributed by atoms with Crippen LogP contribution in [0.4, 0.5) is 10.3 Å². The molecule has 1 aliphatic heterocycles. The molecule has 2 N–H and O–H groups in total. The molecular weight excluding hydrogens is 462 g/mol. The van der Waals surface area contributed by atoms with E-state index in [1.54, 1.807) is 37.7 Å². The van der Waals surface area contributed by atoms with Gasteiger partial charge in [-0.15, -0.1) is 24.0 Å². The third-order valence-electron chi connectivity index (χ3n) is 4.38. The van der Waals surface area contributed by atoms with Gasteiger partial charge in [-0.2, -0.15) is 0 Å². The molecule has 1 atom stereocenters. The summed E-state index contributed by atoms with van der Waals surface area (Å²) in [7, 11) is 1.61. The molecule has 0 saturated carbocycles. The number of rotatable bonds is 5. The first kappa shape index (κ1) is 21.3. The van der Waals surface area contributed by atoms with Crippen molar-refractivity contribution in [2.24, 2.45) is 10.7 Å². The highest BCUT2D eigenvalue weighted by molar-refractivity contribution is 14.0. The molecule has 1 aromatic carbocycles. The molecule has 0 aliphatic carbocycles. The average molecular weight is 486 g/mol. The van der Waals surface area contributed by atoms with Gasteiger partial charge in [-0.1, -0.05) is 12.1 Å². The lowest BCUT2D eigenvalue weighted by Gasteiger charge is -2.35. The molecule has 1 saturated heterocycles. The van der Waals surface area contributed by atoms with Crippen molar-refractivity contribution in [1.82, 2.24) is 14.9 Å². The lowest BCUT2D eigenvalue weighted by molar-refractivity contribution is 0.110. The number of hydrogen-bond donors (Lipinski definition) is 1. The summed E-state index contributed by atoms with van der Waals surface area (Å²) in [6.45, 7) is 3.46. The number of nitrogens with zero attached hydrogens (tertiary/aromatic N) is 5. The molecular formula is C18H24FIN6O. The Morgan fingerprint density at radius 1 is 1.19 bits per heavy atom. The van der Waals surface area contributed by atoms with E-state index < -0.39 is 0 Å². The molecule has 0 spiro atoms. The Kier molecular flexibility index (Phi) is 8.17. The van der Waals surface area contributed by atoms with Crippen LogP contribution in [0.5, 0.6) is 0 Å². The third-order valence-corrected chi connectivity index (χ3v) is 4.38. The summed E-state index contributed by atoms with van der Waals surface area (Å²) in [5, 5.41) is 0. The van der Waals surface area contributed by atoms with E-state index in [-0.39, 0.29) is 35.9 Å². The minimum atomic E-state index is -0.271. The van der Waals surface area contributed by atoms with Crippen molar-refractivity contribution in [3.8, 4) is 0 Å². The molecule has 1 unspecified atom stereocenters. The fourth-order valence-corrected chi connectivity index (χ4v) is 2.86. The summed E-state index contributed by atoms with van der Waals surface area (Å²) >= 11 is 0. The van der Waals surface area contributed by atoms with E-state index in [0.717, 1.165) is 37.7 Å². The molecule has 0 bridgehead atoms. The Morgan fingerprint density at radius 3 is 2.41 bits per heavy atom. The van der Waals surface area contributed by atoms with Crippen molar-refractivity contribution in [3.63, 3.8) is 0 Å². The number of ether oxygens (including phenoxy) is 1. The second-order valence-electron chi connectivity index (χ2n) is 6.00. The molecule has 0 amide bonds. The summed E-state index contributed by atoms with van der Waals surface area (Å²) < 4.78 is 18.5. The minimum absolute atomic E-state index is 0. The number of benzene rings is 1.